The summed E-state index contributed by atoms with van der Waals surface area (Å²) in [6.45, 7) is 1.65. The third kappa shape index (κ3) is 2.38. The number of methoxy groups -OCH3 is 3. The van der Waals surface area contributed by atoms with E-state index in [4.69, 9.17) is 30.5 Å². The number of nitro groups is 1. The Hall–Kier alpha value is -2.81. The normalized spacial score (nSPS) is 23.6. The highest BCUT2D eigenvalue weighted by atomic mass is 35.5. The minimum absolute atomic E-state index is 0.00666. The van der Waals surface area contributed by atoms with Crippen molar-refractivity contribution in [2.75, 3.05) is 21.3 Å². The van der Waals surface area contributed by atoms with Crippen molar-refractivity contribution in [1.82, 2.24) is 0 Å². The van der Waals surface area contributed by atoms with Crippen LogP contribution in [0, 0.1) is 16.0 Å². The molecule has 10 heteroatoms. The molecule has 1 aromatic carbocycles. The molecule has 1 aliphatic heterocycles. The number of halogens is 1. The topological polar surface area (TPSA) is 114 Å². The molecule has 1 aromatic rings. The number of nitro benzene ring substituents is 1. The first-order valence-electron chi connectivity index (χ1n) is 7.89. The Balaban J connectivity index is 2.36. The van der Waals surface area contributed by atoms with Crippen LogP contribution in [-0.4, -0.2) is 43.4 Å². The SMILES string of the molecule is COC1=CC(=O)C[C@@H](C)[C@@]12Oc1c(Cl)c(OC)c([N+](=O)[O-])c(OC)c1C2=O. The van der Waals surface area contributed by atoms with Gasteiger partial charge in [0.25, 0.3) is 0 Å². The Morgan fingerprint density at radius 3 is 2.37 bits per heavy atom. The van der Waals surface area contributed by atoms with Gasteiger partial charge in [-0.15, -0.1) is 0 Å². The zero-order chi connectivity index (χ0) is 20.1. The van der Waals surface area contributed by atoms with Crippen LogP contribution in [0.15, 0.2) is 11.8 Å². The van der Waals surface area contributed by atoms with E-state index >= 15 is 0 Å². The van der Waals surface area contributed by atoms with E-state index in [9.17, 15) is 19.7 Å². The molecule has 0 aromatic heterocycles. The minimum atomic E-state index is -1.66. The molecule has 2 aliphatic rings. The molecule has 0 fully saturated rings. The van der Waals surface area contributed by atoms with E-state index in [0.717, 1.165) is 0 Å². The lowest BCUT2D eigenvalue weighted by Gasteiger charge is -2.36. The number of fused-ring (bicyclic) bond motifs is 1. The molecule has 2 atom stereocenters. The molecule has 0 N–H and O–H groups in total. The Morgan fingerprint density at radius 1 is 1.22 bits per heavy atom. The Bertz CT molecular complexity index is 909. The Labute approximate surface area is 158 Å². The van der Waals surface area contributed by atoms with Crippen LogP contribution in [0.5, 0.6) is 17.2 Å². The second kappa shape index (κ2) is 6.41. The van der Waals surface area contributed by atoms with Crippen molar-refractivity contribution in [3.63, 3.8) is 0 Å². The van der Waals surface area contributed by atoms with E-state index in [1.165, 1.54) is 27.4 Å². The average molecular weight is 398 g/mol. The zero-order valence-electron chi connectivity index (χ0n) is 15.0. The third-order valence-corrected chi connectivity index (χ3v) is 5.12. The van der Waals surface area contributed by atoms with Crippen molar-refractivity contribution in [2.45, 2.75) is 18.9 Å². The molecule has 1 aliphatic carbocycles. The van der Waals surface area contributed by atoms with Crippen LogP contribution in [0.4, 0.5) is 5.69 Å². The lowest BCUT2D eigenvalue weighted by Crippen LogP contribution is -2.51. The molecule has 0 saturated carbocycles. The van der Waals surface area contributed by atoms with Crippen molar-refractivity contribution >= 4 is 28.9 Å². The Morgan fingerprint density at radius 2 is 1.85 bits per heavy atom. The van der Waals surface area contributed by atoms with E-state index in [2.05, 4.69) is 0 Å². The highest BCUT2D eigenvalue weighted by Crippen LogP contribution is 2.58. The van der Waals surface area contributed by atoms with Gasteiger partial charge < -0.3 is 18.9 Å². The number of ketones is 2. The van der Waals surface area contributed by atoms with Crippen molar-refractivity contribution in [1.29, 1.82) is 0 Å². The second-order valence-electron chi connectivity index (χ2n) is 6.14. The van der Waals surface area contributed by atoms with Crippen LogP contribution in [-0.2, 0) is 9.53 Å². The van der Waals surface area contributed by atoms with Gasteiger partial charge in [-0.1, -0.05) is 18.5 Å². The van der Waals surface area contributed by atoms with Gasteiger partial charge in [-0.2, -0.15) is 0 Å². The predicted molar refractivity (Wildman–Crippen MR) is 92.8 cm³/mol. The maximum absolute atomic E-state index is 13.4. The number of benzene rings is 1. The molecule has 0 amide bonds. The van der Waals surface area contributed by atoms with Gasteiger partial charge in [-0.25, -0.2) is 0 Å². The molecule has 0 radical (unpaired) electrons. The van der Waals surface area contributed by atoms with Crippen molar-refractivity contribution in [2.24, 2.45) is 5.92 Å². The third-order valence-electron chi connectivity index (χ3n) is 4.78. The molecular formula is C17H16ClNO8. The molecule has 9 nitrogen and oxygen atoms in total. The largest absolute Gasteiger partial charge is 0.496 e. The minimum Gasteiger partial charge on any atom is -0.496 e. The van der Waals surface area contributed by atoms with Gasteiger partial charge in [0.2, 0.25) is 22.9 Å². The average Bonchev–Trinajstić information content (AvgIpc) is 2.93. The number of allylic oxidation sites excluding steroid dienone is 1. The number of hydrogen-bond acceptors (Lipinski definition) is 8. The first-order chi connectivity index (χ1) is 12.7. The summed E-state index contributed by atoms with van der Waals surface area (Å²) in [4.78, 5) is 36.1. The number of Topliss-reactive ketones (excluding diaryl/α,β-unsaturated/α-hetero) is 1. The van der Waals surface area contributed by atoms with Gasteiger partial charge in [0.1, 0.15) is 10.6 Å². The quantitative estimate of drug-likeness (QED) is 0.562. The molecular weight excluding hydrogens is 382 g/mol. The summed E-state index contributed by atoms with van der Waals surface area (Å²) in [5.74, 6) is -2.16. The summed E-state index contributed by atoms with van der Waals surface area (Å²) >= 11 is 6.28. The second-order valence-corrected chi connectivity index (χ2v) is 6.52. The lowest BCUT2D eigenvalue weighted by molar-refractivity contribution is -0.386. The van der Waals surface area contributed by atoms with E-state index in [1.54, 1.807) is 6.92 Å². The lowest BCUT2D eigenvalue weighted by atomic mass is 9.75. The fraction of sp³-hybridized carbons (Fsp3) is 0.412. The molecule has 0 bridgehead atoms. The van der Waals surface area contributed by atoms with Gasteiger partial charge in [-0.05, 0) is 0 Å². The van der Waals surface area contributed by atoms with Gasteiger partial charge in [0.05, 0.1) is 26.3 Å². The van der Waals surface area contributed by atoms with Gasteiger partial charge in [0.15, 0.2) is 17.3 Å². The molecule has 0 saturated heterocycles. The summed E-state index contributed by atoms with van der Waals surface area (Å²) in [5.41, 5.74) is -2.43. The van der Waals surface area contributed by atoms with Crippen LogP contribution in [0.25, 0.3) is 0 Å². The number of hydrogen-bond donors (Lipinski definition) is 0. The maximum atomic E-state index is 13.4. The van der Waals surface area contributed by atoms with Gasteiger partial charge >= 0.3 is 5.69 Å². The number of ether oxygens (including phenoxy) is 4. The molecule has 1 heterocycles. The van der Waals surface area contributed by atoms with Gasteiger partial charge in [0, 0.05) is 18.4 Å². The van der Waals surface area contributed by atoms with Crippen molar-refractivity contribution < 1.29 is 33.5 Å². The van der Waals surface area contributed by atoms with Crippen LogP contribution in [0.3, 0.4) is 0 Å². The summed E-state index contributed by atoms with van der Waals surface area (Å²) < 4.78 is 21.5. The highest BCUT2D eigenvalue weighted by Gasteiger charge is 2.61. The van der Waals surface area contributed by atoms with Gasteiger partial charge in [-0.3, -0.25) is 19.7 Å². The number of carbonyl (C=O) groups excluding carboxylic acids is 2. The van der Waals surface area contributed by atoms with E-state index in [-0.39, 0.29) is 45.8 Å². The van der Waals surface area contributed by atoms with Crippen LogP contribution < -0.4 is 14.2 Å². The first kappa shape index (κ1) is 19.0. The maximum Gasteiger partial charge on any atom is 0.354 e. The predicted octanol–water partition coefficient (Wildman–Crippen LogP) is 2.72. The summed E-state index contributed by atoms with van der Waals surface area (Å²) in [5, 5.41) is 11.3. The van der Waals surface area contributed by atoms with Crippen LogP contribution >= 0.6 is 11.6 Å². The summed E-state index contributed by atoms with van der Waals surface area (Å²) in [6, 6.07) is 0. The van der Waals surface area contributed by atoms with E-state index in [0.29, 0.717) is 0 Å². The Kier molecular flexibility index (Phi) is 4.51. The number of carbonyl (C=O) groups is 2. The number of rotatable bonds is 4. The molecule has 0 unspecified atom stereocenters. The fourth-order valence-electron chi connectivity index (χ4n) is 3.59. The van der Waals surface area contributed by atoms with Crippen LogP contribution in [0.1, 0.15) is 23.7 Å². The molecule has 27 heavy (non-hydrogen) atoms. The fourth-order valence-corrected chi connectivity index (χ4v) is 3.88. The van der Waals surface area contributed by atoms with E-state index < -0.39 is 27.9 Å². The molecule has 1 spiro atoms. The van der Waals surface area contributed by atoms with E-state index in [1.807, 2.05) is 0 Å². The van der Waals surface area contributed by atoms with Crippen LogP contribution in [0.2, 0.25) is 5.02 Å². The first-order valence-corrected chi connectivity index (χ1v) is 8.26. The smallest absolute Gasteiger partial charge is 0.354 e. The monoisotopic (exact) mass is 397 g/mol. The summed E-state index contributed by atoms with van der Waals surface area (Å²) in [6.07, 6.45) is 1.22. The highest BCUT2D eigenvalue weighted by molar-refractivity contribution is 6.36. The summed E-state index contributed by atoms with van der Waals surface area (Å²) in [7, 11) is 3.70. The van der Waals surface area contributed by atoms with Crippen molar-refractivity contribution in [3.05, 3.63) is 32.5 Å². The standard InChI is InChI=1S/C17H16ClNO8/c1-7-5-8(20)6-9(24-2)17(7)16(21)10-13(27-17)11(18)15(26-4)12(19(22)23)14(10)25-3/h6-7H,5H2,1-4H3/t7-,17-/m1/s1. The molecule has 3 rings (SSSR count). The number of nitrogens with zero attached hydrogens (tertiary/aromatic N) is 1. The zero-order valence-corrected chi connectivity index (χ0v) is 15.7. The van der Waals surface area contributed by atoms with Crippen molar-refractivity contribution in [3.8, 4) is 17.2 Å². The molecule has 144 valence electrons.